The third-order valence-electron chi connectivity index (χ3n) is 4.05. The number of aromatic nitrogens is 1. The molecule has 5 heteroatoms. The Morgan fingerprint density at radius 3 is 2.40 bits per heavy atom. The van der Waals surface area contributed by atoms with Gasteiger partial charge in [0, 0.05) is 11.1 Å². The SMILES string of the molecule is CCc1ccc(-c2cc(-c3ccc(Cl)c(F)c3)c(C#N)c(N)n2)cc1. The van der Waals surface area contributed by atoms with Gasteiger partial charge >= 0.3 is 0 Å². The van der Waals surface area contributed by atoms with Crippen molar-refractivity contribution in [1.82, 2.24) is 4.98 Å². The van der Waals surface area contributed by atoms with Gasteiger partial charge in [-0.25, -0.2) is 9.37 Å². The van der Waals surface area contributed by atoms with E-state index in [1.165, 1.54) is 17.7 Å². The van der Waals surface area contributed by atoms with E-state index < -0.39 is 5.82 Å². The zero-order valence-corrected chi connectivity index (χ0v) is 14.3. The highest BCUT2D eigenvalue weighted by atomic mass is 35.5. The predicted octanol–water partition coefficient (Wildman–Crippen LogP) is 5.22. The number of nitrogens with zero attached hydrogens (tertiary/aromatic N) is 2. The van der Waals surface area contributed by atoms with Gasteiger partial charge in [0.1, 0.15) is 23.3 Å². The van der Waals surface area contributed by atoms with Gasteiger partial charge in [0.2, 0.25) is 0 Å². The summed E-state index contributed by atoms with van der Waals surface area (Å²) in [4.78, 5) is 4.33. The van der Waals surface area contributed by atoms with E-state index in [-0.39, 0.29) is 16.4 Å². The van der Waals surface area contributed by atoms with E-state index in [0.717, 1.165) is 12.0 Å². The first-order valence-electron chi connectivity index (χ1n) is 7.78. The van der Waals surface area contributed by atoms with Gasteiger partial charge in [-0.1, -0.05) is 48.9 Å². The first kappa shape index (κ1) is 16.9. The number of nitriles is 1. The molecule has 3 aromatic rings. The fraction of sp³-hybridized carbons (Fsp3) is 0.100. The molecule has 0 atom stereocenters. The number of hydrogen-bond acceptors (Lipinski definition) is 3. The number of anilines is 1. The molecule has 0 aliphatic rings. The molecule has 1 aromatic heterocycles. The summed E-state index contributed by atoms with van der Waals surface area (Å²) in [6, 6.07) is 16.2. The second-order valence-electron chi connectivity index (χ2n) is 5.61. The van der Waals surface area contributed by atoms with Crippen LogP contribution < -0.4 is 5.73 Å². The van der Waals surface area contributed by atoms with Crippen molar-refractivity contribution in [3.63, 3.8) is 0 Å². The highest BCUT2D eigenvalue weighted by Gasteiger charge is 2.14. The van der Waals surface area contributed by atoms with Crippen molar-refractivity contribution in [3.8, 4) is 28.5 Å². The van der Waals surface area contributed by atoms with E-state index in [1.807, 2.05) is 24.3 Å². The predicted molar refractivity (Wildman–Crippen MR) is 98.6 cm³/mol. The molecule has 3 rings (SSSR count). The van der Waals surface area contributed by atoms with Crippen LogP contribution in [0.3, 0.4) is 0 Å². The average molecular weight is 352 g/mol. The van der Waals surface area contributed by atoms with Crippen LogP contribution in [0.4, 0.5) is 10.2 Å². The Kier molecular flexibility index (Phi) is 4.69. The van der Waals surface area contributed by atoms with E-state index in [4.69, 9.17) is 17.3 Å². The minimum absolute atomic E-state index is 0.0275. The lowest BCUT2D eigenvalue weighted by Crippen LogP contribution is -2.00. The second kappa shape index (κ2) is 6.92. The number of nitrogen functional groups attached to an aromatic ring is 1. The molecule has 0 bridgehead atoms. The van der Waals surface area contributed by atoms with Crippen LogP contribution in [0.25, 0.3) is 22.4 Å². The summed E-state index contributed by atoms with van der Waals surface area (Å²) in [5.74, 6) is -0.433. The topological polar surface area (TPSA) is 62.7 Å². The molecular formula is C20H15ClFN3. The molecule has 0 saturated carbocycles. The first-order valence-corrected chi connectivity index (χ1v) is 8.16. The van der Waals surface area contributed by atoms with Gasteiger partial charge in [0.15, 0.2) is 0 Å². The number of rotatable bonds is 3. The number of benzene rings is 2. The van der Waals surface area contributed by atoms with Crippen LogP contribution in [0.2, 0.25) is 5.02 Å². The van der Waals surface area contributed by atoms with Gasteiger partial charge < -0.3 is 5.73 Å². The van der Waals surface area contributed by atoms with Gasteiger partial charge in [-0.2, -0.15) is 5.26 Å². The fourth-order valence-electron chi connectivity index (χ4n) is 2.63. The lowest BCUT2D eigenvalue weighted by atomic mass is 9.98. The van der Waals surface area contributed by atoms with Gasteiger partial charge in [0.25, 0.3) is 0 Å². The van der Waals surface area contributed by atoms with Crippen LogP contribution >= 0.6 is 11.6 Å². The molecule has 0 aliphatic heterocycles. The number of nitrogens with two attached hydrogens (primary N) is 1. The lowest BCUT2D eigenvalue weighted by molar-refractivity contribution is 0.629. The maximum absolute atomic E-state index is 13.8. The number of hydrogen-bond donors (Lipinski definition) is 1. The number of pyridine rings is 1. The fourth-order valence-corrected chi connectivity index (χ4v) is 2.75. The summed E-state index contributed by atoms with van der Waals surface area (Å²) >= 11 is 5.75. The Labute approximate surface area is 150 Å². The van der Waals surface area contributed by atoms with Crippen molar-refractivity contribution in [1.29, 1.82) is 5.26 Å². The molecule has 2 N–H and O–H groups in total. The van der Waals surface area contributed by atoms with Crippen LogP contribution in [0.5, 0.6) is 0 Å². The van der Waals surface area contributed by atoms with E-state index in [1.54, 1.807) is 12.1 Å². The molecule has 2 aromatic carbocycles. The van der Waals surface area contributed by atoms with Crippen LogP contribution in [0, 0.1) is 17.1 Å². The van der Waals surface area contributed by atoms with Crippen LogP contribution in [-0.2, 0) is 6.42 Å². The van der Waals surface area contributed by atoms with Crippen LogP contribution in [0.1, 0.15) is 18.1 Å². The van der Waals surface area contributed by atoms with Crippen molar-refractivity contribution in [2.45, 2.75) is 13.3 Å². The zero-order chi connectivity index (χ0) is 18.0. The van der Waals surface area contributed by atoms with Crippen molar-refractivity contribution in [2.24, 2.45) is 0 Å². The normalized spacial score (nSPS) is 10.5. The zero-order valence-electron chi connectivity index (χ0n) is 13.6. The Morgan fingerprint density at radius 1 is 1.12 bits per heavy atom. The van der Waals surface area contributed by atoms with Gasteiger partial charge in [-0.05, 0) is 35.7 Å². The maximum Gasteiger partial charge on any atom is 0.142 e. The molecule has 0 radical (unpaired) electrons. The molecule has 0 fully saturated rings. The third kappa shape index (κ3) is 3.33. The quantitative estimate of drug-likeness (QED) is 0.703. The molecular weight excluding hydrogens is 337 g/mol. The largest absolute Gasteiger partial charge is 0.383 e. The van der Waals surface area contributed by atoms with Crippen molar-refractivity contribution in [2.75, 3.05) is 5.73 Å². The molecule has 0 amide bonds. The Balaban J connectivity index is 2.18. The Morgan fingerprint density at radius 2 is 1.80 bits per heavy atom. The highest BCUT2D eigenvalue weighted by Crippen LogP contribution is 2.32. The van der Waals surface area contributed by atoms with E-state index in [0.29, 0.717) is 16.8 Å². The van der Waals surface area contributed by atoms with Crippen LogP contribution in [0.15, 0.2) is 48.5 Å². The molecule has 25 heavy (non-hydrogen) atoms. The first-order chi connectivity index (χ1) is 12.0. The average Bonchev–Trinajstić information content (AvgIpc) is 2.63. The molecule has 124 valence electrons. The molecule has 0 spiro atoms. The summed E-state index contributed by atoms with van der Waals surface area (Å²) < 4.78 is 13.8. The number of aryl methyl sites for hydroxylation is 1. The summed E-state index contributed by atoms with van der Waals surface area (Å²) in [6.07, 6.45) is 0.943. The van der Waals surface area contributed by atoms with Crippen molar-refractivity contribution < 1.29 is 4.39 Å². The van der Waals surface area contributed by atoms with Crippen molar-refractivity contribution >= 4 is 17.4 Å². The standard InChI is InChI=1S/C20H15ClFN3/c1-2-12-3-5-13(6-4-12)19-10-15(16(11-23)20(24)25-19)14-7-8-17(21)18(22)9-14/h3-10H,2H2,1H3,(H2,24,25). The van der Waals surface area contributed by atoms with Crippen molar-refractivity contribution in [3.05, 3.63) is 70.5 Å². The smallest absolute Gasteiger partial charge is 0.142 e. The van der Waals surface area contributed by atoms with E-state index >= 15 is 0 Å². The minimum atomic E-state index is -0.549. The molecule has 3 nitrogen and oxygen atoms in total. The summed E-state index contributed by atoms with van der Waals surface area (Å²) in [6.45, 7) is 2.08. The van der Waals surface area contributed by atoms with E-state index in [2.05, 4.69) is 18.0 Å². The lowest BCUT2D eigenvalue weighted by Gasteiger charge is -2.11. The third-order valence-corrected chi connectivity index (χ3v) is 4.35. The highest BCUT2D eigenvalue weighted by molar-refractivity contribution is 6.30. The molecule has 0 saturated heterocycles. The monoisotopic (exact) mass is 351 g/mol. The summed E-state index contributed by atoms with van der Waals surface area (Å²) in [7, 11) is 0. The Bertz CT molecular complexity index is 975. The maximum atomic E-state index is 13.8. The van der Waals surface area contributed by atoms with Crippen LogP contribution in [-0.4, -0.2) is 4.98 Å². The summed E-state index contributed by atoms with van der Waals surface area (Å²) in [5.41, 5.74) is 9.97. The van der Waals surface area contributed by atoms with E-state index in [9.17, 15) is 9.65 Å². The molecule has 1 heterocycles. The second-order valence-corrected chi connectivity index (χ2v) is 6.01. The van der Waals surface area contributed by atoms with Gasteiger partial charge in [-0.3, -0.25) is 0 Å². The minimum Gasteiger partial charge on any atom is -0.383 e. The molecule has 0 aliphatic carbocycles. The number of halogens is 2. The van der Waals surface area contributed by atoms with Gasteiger partial charge in [-0.15, -0.1) is 0 Å². The summed E-state index contributed by atoms with van der Waals surface area (Å²) in [5, 5.41) is 9.45. The Hall–Kier alpha value is -2.90. The van der Waals surface area contributed by atoms with Gasteiger partial charge in [0.05, 0.1) is 10.7 Å². The molecule has 0 unspecified atom stereocenters.